The molecule has 2 aromatic rings. The van der Waals surface area contributed by atoms with Crippen LogP contribution >= 0.6 is 0 Å². The second-order valence-electron chi connectivity index (χ2n) is 6.29. The van der Waals surface area contributed by atoms with Crippen LogP contribution in [0.25, 0.3) is 5.57 Å². The van der Waals surface area contributed by atoms with Crippen molar-refractivity contribution >= 4 is 31.0 Å². The molecule has 132 valence electrons. The first-order valence-electron chi connectivity index (χ1n) is 8.73. The molecule has 0 spiro atoms. The molecule has 1 aliphatic carbocycles. The Hall–Kier alpha value is -2.34. The fraction of sp³-hybridized carbons (Fsp3) is 0.273. The summed E-state index contributed by atoms with van der Waals surface area (Å²) in [5.41, 5.74) is 1.01. The minimum absolute atomic E-state index is 0.182. The second kappa shape index (κ2) is 8.36. The molecule has 0 heterocycles. The predicted octanol–water partition coefficient (Wildman–Crippen LogP) is 3.61. The standard InChI is InChI=1S/C22H21NO2Se/c1-2-25-21(24)22(16-23)13-18(15-26-19-11-7-4-8-12-19)20(14-22)17-9-5-3-6-10-17/h3-12,14,18H,2,13,15H2,1H3. The van der Waals surface area contributed by atoms with Gasteiger partial charge in [-0.05, 0) is 0 Å². The molecule has 4 heteroatoms. The van der Waals surface area contributed by atoms with E-state index in [0.29, 0.717) is 21.4 Å². The monoisotopic (exact) mass is 411 g/mol. The van der Waals surface area contributed by atoms with Crippen LogP contribution in [0.1, 0.15) is 18.9 Å². The van der Waals surface area contributed by atoms with Gasteiger partial charge in [0.1, 0.15) is 0 Å². The number of benzene rings is 2. The summed E-state index contributed by atoms with van der Waals surface area (Å²) in [6.07, 6.45) is 2.35. The summed E-state index contributed by atoms with van der Waals surface area (Å²) in [5, 5.41) is 10.7. The molecule has 0 fully saturated rings. The van der Waals surface area contributed by atoms with Crippen LogP contribution in [0.2, 0.25) is 5.32 Å². The van der Waals surface area contributed by atoms with Gasteiger partial charge in [-0.2, -0.15) is 0 Å². The van der Waals surface area contributed by atoms with Gasteiger partial charge in [0.2, 0.25) is 0 Å². The Kier molecular flexibility index (Phi) is 5.93. The third-order valence-electron chi connectivity index (χ3n) is 4.55. The number of hydrogen-bond donors (Lipinski definition) is 0. The van der Waals surface area contributed by atoms with Gasteiger partial charge >= 0.3 is 161 Å². The average Bonchev–Trinajstić information content (AvgIpc) is 3.08. The number of allylic oxidation sites excluding steroid dienone is 1. The zero-order chi connectivity index (χ0) is 18.4. The third kappa shape index (κ3) is 3.90. The van der Waals surface area contributed by atoms with Crippen LogP contribution in [0, 0.1) is 22.7 Å². The topological polar surface area (TPSA) is 50.1 Å². The molecule has 2 unspecified atom stereocenters. The van der Waals surface area contributed by atoms with Crippen LogP contribution in [0.4, 0.5) is 0 Å². The van der Waals surface area contributed by atoms with Gasteiger partial charge < -0.3 is 0 Å². The molecule has 0 amide bonds. The van der Waals surface area contributed by atoms with Gasteiger partial charge in [0.15, 0.2) is 0 Å². The first-order chi connectivity index (χ1) is 12.7. The predicted molar refractivity (Wildman–Crippen MR) is 104 cm³/mol. The van der Waals surface area contributed by atoms with E-state index in [1.54, 1.807) is 6.92 Å². The van der Waals surface area contributed by atoms with Crippen molar-refractivity contribution in [3.05, 3.63) is 72.3 Å². The van der Waals surface area contributed by atoms with Crippen LogP contribution in [0.5, 0.6) is 0 Å². The molecule has 26 heavy (non-hydrogen) atoms. The van der Waals surface area contributed by atoms with Gasteiger partial charge in [-0.1, -0.05) is 0 Å². The molecule has 0 bridgehead atoms. The molecular weight excluding hydrogens is 389 g/mol. The van der Waals surface area contributed by atoms with E-state index in [2.05, 4.69) is 30.3 Å². The SMILES string of the molecule is CCOC(=O)C1(C#N)C=C(c2ccccc2)C(C[Se]c2ccccc2)C1. The van der Waals surface area contributed by atoms with Crippen LogP contribution in [0.15, 0.2) is 66.7 Å². The van der Waals surface area contributed by atoms with Crippen molar-refractivity contribution in [2.75, 3.05) is 6.61 Å². The van der Waals surface area contributed by atoms with E-state index in [9.17, 15) is 10.1 Å². The van der Waals surface area contributed by atoms with Crippen LogP contribution in [-0.2, 0) is 9.53 Å². The van der Waals surface area contributed by atoms with Crippen LogP contribution < -0.4 is 4.46 Å². The number of ether oxygens (including phenoxy) is 1. The fourth-order valence-corrected chi connectivity index (χ4v) is 5.46. The van der Waals surface area contributed by atoms with E-state index in [1.165, 1.54) is 4.46 Å². The summed E-state index contributed by atoms with van der Waals surface area (Å²) in [4.78, 5) is 12.5. The zero-order valence-electron chi connectivity index (χ0n) is 14.7. The first-order valence-corrected chi connectivity index (χ1v) is 10.8. The molecule has 0 saturated carbocycles. The first kappa shape index (κ1) is 18.5. The van der Waals surface area contributed by atoms with Gasteiger partial charge in [0.25, 0.3) is 0 Å². The maximum atomic E-state index is 12.5. The van der Waals surface area contributed by atoms with Gasteiger partial charge in [0, 0.05) is 0 Å². The van der Waals surface area contributed by atoms with Crippen molar-refractivity contribution in [1.82, 2.24) is 0 Å². The Bertz CT molecular complexity index is 826. The van der Waals surface area contributed by atoms with Gasteiger partial charge in [0.05, 0.1) is 0 Å². The second-order valence-corrected chi connectivity index (χ2v) is 8.59. The normalized spacial score (nSPS) is 21.7. The van der Waals surface area contributed by atoms with Crippen molar-refractivity contribution in [1.29, 1.82) is 5.26 Å². The summed E-state index contributed by atoms with van der Waals surface area (Å²) in [5.74, 6) is -0.243. The molecule has 1 aliphatic rings. The van der Waals surface area contributed by atoms with Crippen molar-refractivity contribution in [2.45, 2.75) is 18.7 Å². The van der Waals surface area contributed by atoms with Crippen molar-refractivity contribution in [3.8, 4) is 6.07 Å². The number of rotatable bonds is 6. The number of esters is 1. The Morgan fingerprint density at radius 1 is 1.19 bits per heavy atom. The van der Waals surface area contributed by atoms with Crippen LogP contribution in [0.3, 0.4) is 0 Å². The van der Waals surface area contributed by atoms with Crippen molar-refractivity contribution in [3.63, 3.8) is 0 Å². The minimum atomic E-state index is -1.17. The molecule has 0 aromatic heterocycles. The number of carbonyl (C=O) groups excluding carboxylic acids is 1. The summed E-state index contributed by atoms with van der Waals surface area (Å²) < 4.78 is 6.55. The molecular formula is C22H21NO2Se. The van der Waals surface area contributed by atoms with Crippen LogP contribution in [-0.4, -0.2) is 27.5 Å². The Morgan fingerprint density at radius 3 is 2.46 bits per heavy atom. The number of nitriles is 1. The van der Waals surface area contributed by atoms with E-state index in [0.717, 1.165) is 16.5 Å². The number of nitrogens with zero attached hydrogens (tertiary/aromatic N) is 1. The molecule has 0 N–H and O–H groups in total. The van der Waals surface area contributed by atoms with E-state index < -0.39 is 11.4 Å². The van der Waals surface area contributed by atoms with E-state index in [4.69, 9.17) is 4.74 Å². The number of carbonyl (C=O) groups is 1. The molecule has 3 nitrogen and oxygen atoms in total. The summed E-state index contributed by atoms with van der Waals surface area (Å²) in [6.45, 7) is 2.06. The van der Waals surface area contributed by atoms with E-state index >= 15 is 0 Å². The van der Waals surface area contributed by atoms with Gasteiger partial charge in [-0.25, -0.2) is 0 Å². The third-order valence-corrected chi connectivity index (χ3v) is 7.02. The maximum absolute atomic E-state index is 12.5. The summed E-state index contributed by atoms with van der Waals surface area (Å²) in [6, 6.07) is 22.7. The molecule has 3 rings (SSSR count). The molecule has 0 radical (unpaired) electrons. The fourth-order valence-electron chi connectivity index (χ4n) is 3.28. The van der Waals surface area contributed by atoms with Gasteiger partial charge in [-0.15, -0.1) is 0 Å². The molecule has 0 aliphatic heterocycles. The quantitative estimate of drug-likeness (QED) is 0.540. The van der Waals surface area contributed by atoms with Crippen molar-refractivity contribution < 1.29 is 9.53 Å². The summed E-state index contributed by atoms with van der Waals surface area (Å²) in [7, 11) is 0. The molecule has 2 aromatic carbocycles. The average molecular weight is 410 g/mol. The number of hydrogen-bond acceptors (Lipinski definition) is 3. The zero-order valence-corrected chi connectivity index (χ0v) is 16.4. The Labute approximate surface area is 160 Å². The Morgan fingerprint density at radius 2 is 1.85 bits per heavy atom. The Balaban J connectivity index is 1.89. The molecule has 0 saturated heterocycles. The van der Waals surface area contributed by atoms with Gasteiger partial charge in [-0.3, -0.25) is 0 Å². The van der Waals surface area contributed by atoms with E-state index in [1.807, 2.05) is 42.5 Å². The summed E-state index contributed by atoms with van der Waals surface area (Å²) >= 11 is 0.292. The molecule has 2 atom stereocenters. The van der Waals surface area contributed by atoms with E-state index in [-0.39, 0.29) is 12.5 Å². The van der Waals surface area contributed by atoms with Crippen molar-refractivity contribution in [2.24, 2.45) is 11.3 Å².